The van der Waals surface area contributed by atoms with Crippen LogP contribution in [0, 0.1) is 0 Å². The van der Waals surface area contributed by atoms with Crippen molar-refractivity contribution in [2.75, 3.05) is 26.7 Å². The van der Waals surface area contributed by atoms with E-state index in [2.05, 4.69) is 25.5 Å². The highest BCUT2D eigenvalue weighted by molar-refractivity contribution is 5.79. The lowest BCUT2D eigenvalue weighted by molar-refractivity contribution is 0.215. The monoisotopic (exact) mass is 393 g/mol. The van der Waals surface area contributed by atoms with E-state index in [1.54, 1.807) is 19.6 Å². The first-order valence-electron chi connectivity index (χ1n) is 10.1. The molecule has 2 aromatic heterocycles. The van der Waals surface area contributed by atoms with Crippen molar-refractivity contribution < 1.29 is 8.83 Å². The first kappa shape index (κ1) is 19.3. The highest BCUT2D eigenvalue weighted by Crippen LogP contribution is 2.24. The Balaban J connectivity index is 1.33. The topological polar surface area (TPSA) is 78.8 Å². The van der Waals surface area contributed by atoms with Crippen LogP contribution < -0.4 is 10.6 Å². The molecule has 0 saturated carbocycles. The van der Waals surface area contributed by atoms with Gasteiger partial charge in [-0.15, -0.1) is 0 Å². The van der Waals surface area contributed by atoms with Crippen LogP contribution in [0.4, 0.5) is 0 Å². The zero-order valence-corrected chi connectivity index (χ0v) is 16.7. The lowest BCUT2D eigenvalue weighted by atomic mass is 10.2. The number of benzene rings is 1. The maximum atomic E-state index is 5.68. The molecule has 1 aliphatic heterocycles. The lowest BCUT2D eigenvalue weighted by Crippen LogP contribution is -2.42. The van der Waals surface area contributed by atoms with Crippen LogP contribution in [0.2, 0.25) is 0 Å². The average molecular weight is 393 g/mol. The van der Waals surface area contributed by atoms with Gasteiger partial charge in [-0.2, -0.15) is 0 Å². The maximum Gasteiger partial charge on any atom is 0.226 e. The summed E-state index contributed by atoms with van der Waals surface area (Å²) in [5.74, 6) is 2.33. The molecule has 7 heteroatoms. The molecule has 4 rings (SSSR count). The molecule has 1 fully saturated rings. The fourth-order valence-corrected chi connectivity index (χ4v) is 3.63. The van der Waals surface area contributed by atoms with Crippen molar-refractivity contribution in [2.45, 2.75) is 25.4 Å². The SMILES string of the molecule is CN=C(NCc1coc(-c2ccccc2)n1)NCC(c1ccco1)N1CCCC1. The van der Waals surface area contributed by atoms with E-state index < -0.39 is 0 Å². The van der Waals surface area contributed by atoms with Gasteiger partial charge in [0.1, 0.15) is 12.0 Å². The van der Waals surface area contributed by atoms with Crippen molar-refractivity contribution >= 4 is 5.96 Å². The normalized spacial score (nSPS) is 16.1. The Kier molecular flexibility index (Phi) is 6.26. The minimum absolute atomic E-state index is 0.197. The number of rotatable bonds is 7. The molecule has 29 heavy (non-hydrogen) atoms. The molecule has 1 unspecified atom stereocenters. The van der Waals surface area contributed by atoms with Gasteiger partial charge in [0, 0.05) is 19.2 Å². The summed E-state index contributed by atoms with van der Waals surface area (Å²) in [7, 11) is 1.77. The number of furan rings is 1. The number of aliphatic imine (C=N–C) groups is 1. The molecule has 0 radical (unpaired) electrons. The predicted molar refractivity (Wildman–Crippen MR) is 112 cm³/mol. The van der Waals surface area contributed by atoms with E-state index in [0.29, 0.717) is 12.4 Å². The highest BCUT2D eigenvalue weighted by Gasteiger charge is 2.25. The third-order valence-corrected chi connectivity index (χ3v) is 5.15. The summed E-state index contributed by atoms with van der Waals surface area (Å²) in [5.41, 5.74) is 1.79. The zero-order chi connectivity index (χ0) is 19.9. The first-order chi connectivity index (χ1) is 14.3. The van der Waals surface area contributed by atoms with E-state index in [1.165, 1.54) is 12.8 Å². The number of oxazole rings is 1. The van der Waals surface area contributed by atoms with Gasteiger partial charge in [0.15, 0.2) is 5.96 Å². The molecule has 0 spiro atoms. The molecule has 1 atom stereocenters. The second kappa shape index (κ2) is 9.43. The van der Waals surface area contributed by atoms with E-state index in [4.69, 9.17) is 8.83 Å². The van der Waals surface area contributed by atoms with Gasteiger partial charge >= 0.3 is 0 Å². The summed E-state index contributed by atoms with van der Waals surface area (Å²) in [6, 6.07) is 14.1. The number of nitrogens with zero attached hydrogens (tertiary/aromatic N) is 3. The molecule has 2 N–H and O–H groups in total. The molecular weight excluding hydrogens is 366 g/mol. The summed E-state index contributed by atoms with van der Waals surface area (Å²) < 4.78 is 11.3. The Morgan fingerprint density at radius 1 is 1.10 bits per heavy atom. The van der Waals surface area contributed by atoms with Crippen LogP contribution in [0.5, 0.6) is 0 Å². The van der Waals surface area contributed by atoms with Crippen LogP contribution >= 0.6 is 0 Å². The van der Waals surface area contributed by atoms with Gasteiger partial charge < -0.3 is 19.5 Å². The van der Waals surface area contributed by atoms with Crippen molar-refractivity contribution in [1.82, 2.24) is 20.5 Å². The van der Waals surface area contributed by atoms with E-state index in [-0.39, 0.29) is 6.04 Å². The Morgan fingerprint density at radius 3 is 2.66 bits per heavy atom. The second-order valence-corrected chi connectivity index (χ2v) is 7.09. The number of aromatic nitrogens is 1. The van der Waals surface area contributed by atoms with Gasteiger partial charge in [0.2, 0.25) is 5.89 Å². The fraction of sp³-hybridized carbons (Fsp3) is 0.364. The van der Waals surface area contributed by atoms with Crippen molar-refractivity contribution in [3.8, 4) is 11.5 Å². The van der Waals surface area contributed by atoms with Gasteiger partial charge in [0.05, 0.1) is 24.5 Å². The van der Waals surface area contributed by atoms with Crippen molar-refractivity contribution in [1.29, 1.82) is 0 Å². The molecule has 3 heterocycles. The van der Waals surface area contributed by atoms with Crippen LogP contribution in [0.3, 0.4) is 0 Å². The summed E-state index contributed by atoms with van der Waals surface area (Å²) in [6.45, 7) is 3.45. The molecule has 1 aromatic carbocycles. The largest absolute Gasteiger partial charge is 0.468 e. The molecule has 3 aromatic rings. The minimum atomic E-state index is 0.197. The van der Waals surface area contributed by atoms with Gasteiger partial charge in [-0.3, -0.25) is 9.89 Å². The van der Waals surface area contributed by atoms with Crippen LogP contribution in [-0.4, -0.2) is 42.5 Å². The summed E-state index contributed by atoms with van der Waals surface area (Å²) in [5, 5.41) is 6.73. The van der Waals surface area contributed by atoms with Gasteiger partial charge in [-0.25, -0.2) is 4.98 Å². The molecule has 152 valence electrons. The number of nitrogens with one attached hydrogen (secondary N) is 2. The Bertz CT molecular complexity index is 898. The van der Waals surface area contributed by atoms with E-state index in [1.807, 2.05) is 42.5 Å². The molecule has 0 amide bonds. The van der Waals surface area contributed by atoms with Crippen molar-refractivity contribution in [3.05, 3.63) is 66.4 Å². The fourth-order valence-electron chi connectivity index (χ4n) is 3.63. The number of likely N-dealkylation sites (tertiary alicyclic amines) is 1. The smallest absolute Gasteiger partial charge is 0.226 e. The van der Waals surface area contributed by atoms with Gasteiger partial charge in [0.25, 0.3) is 0 Å². The molecular formula is C22H27N5O2. The van der Waals surface area contributed by atoms with Gasteiger partial charge in [-0.1, -0.05) is 18.2 Å². The Morgan fingerprint density at radius 2 is 1.93 bits per heavy atom. The van der Waals surface area contributed by atoms with E-state index in [0.717, 1.165) is 42.6 Å². The molecule has 7 nitrogen and oxygen atoms in total. The molecule has 1 aliphatic rings. The quantitative estimate of drug-likeness (QED) is 0.473. The number of guanidine groups is 1. The zero-order valence-electron chi connectivity index (χ0n) is 16.7. The number of hydrogen-bond acceptors (Lipinski definition) is 5. The predicted octanol–water partition coefficient (Wildman–Crippen LogP) is 3.44. The molecule has 0 aliphatic carbocycles. The standard InChI is InChI=1S/C22H27N5O2/c1-23-22(24-14-18-16-29-21(26-18)17-8-3-2-4-9-17)25-15-19(20-10-7-13-28-20)27-11-5-6-12-27/h2-4,7-10,13,16,19H,5-6,11-12,14-15H2,1H3,(H2,23,24,25). The summed E-state index contributed by atoms with van der Waals surface area (Å²) >= 11 is 0. The van der Waals surface area contributed by atoms with Crippen LogP contribution in [0.1, 0.15) is 30.3 Å². The Labute approximate surface area is 170 Å². The lowest BCUT2D eigenvalue weighted by Gasteiger charge is -2.26. The first-order valence-corrected chi connectivity index (χ1v) is 10.1. The third kappa shape index (κ3) is 4.86. The van der Waals surface area contributed by atoms with E-state index >= 15 is 0 Å². The molecule has 1 saturated heterocycles. The molecule has 0 bridgehead atoms. The minimum Gasteiger partial charge on any atom is -0.468 e. The van der Waals surface area contributed by atoms with Gasteiger partial charge in [-0.05, 0) is 50.2 Å². The summed E-state index contributed by atoms with van der Waals surface area (Å²) in [4.78, 5) is 11.3. The highest BCUT2D eigenvalue weighted by atomic mass is 16.3. The Hall–Kier alpha value is -3.06. The van der Waals surface area contributed by atoms with Crippen molar-refractivity contribution in [2.24, 2.45) is 4.99 Å². The van der Waals surface area contributed by atoms with Crippen LogP contribution in [0.25, 0.3) is 11.5 Å². The van der Waals surface area contributed by atoms with Crippen LogP contribution in [0.15, 0.2) is 68.8 Å². The summed E-state index contributed by atoms with van der Waals surface area (Å²) in [6.07, 6.45) is 5.89. The maximum absolute atomic E-state index is 5.68. The van der Waals surface area contributed by atoms with E-state index in [9.17, 15) is 0 Å². The average Bonchev–Trinajstić information content (AvgIpc) is 3.54. The third-order valence-electron chi connectivity index (χ3n) is 5.15. The second-order valence-electron chi connectivity index (χ2n) is 7.09. The van der Waals surface area contributed by atoms with Crippen LogP contribution in [-0.2, 0) is 6.54 Å². The number of hydrogen-bond donors (Lipinski definition) is 2. The van der Waals surface area contributed by atoms with Crippen molar-refractivity contribution in [3.63, 3.8) is 0 Å².